The lowest BCUT2D eigenvalue weighted by Crippen LogP contribution is -1.86. The van der Waals surface area contributed by atoms with Crippen LogP contribution in [0, 0.1) is 0 Å². The van der Waals surface area contributed by atoms with Crippen molar-refractivity contribution in [1.29, 1.82) is 0 Å². The van der Waals surface area contributed by atoms with Gasteiger partial charge in [-0.25, -0.2) is 0 Å². The third-order valence-electron chi connectivity index (χ3n) is 0.650. The van der Waals surface area contributed by atoms with Crippen LogP contribution in [-0.2, 0) is 4.79 Å². The fourth-order valence-electron chi connectivity index (χ4n) is 0.176. The lowest BCUT2D eigenvalue weighted by atomic mass is 10.5. The monoisotopic (exact) mass is 143 g/mol. The molecule has 0 unspecified atom stereocenters. The van der Waals surface area contributed by atoms with Crippen LogP contribution in [0.3, 0.4) is 0 Å². The van der Waals surface area contributed by atoms with Crippen LogP contribution in [0.2, 0.25) is 0 Å². The maximum atomic E-state index is 9.37. The average Bonchev–Trinajstić information content (AvgIpc) is 2.43. The Morgan fingerprint density at radius 1 is 1.80 bits per heavy atom. The Kier molecular flexibility index (Phi) is 5.04. The van der Waals surface area contributed by atoms with E-state index in [4.69, 9.17) is 5.11 Å². The predicted octanol–water partition coefficient (Wildman–Crippen LogP) is 1.16. The predicted molar refractivity (Wildman–Crippen MR) is 34.4 cm³/mol. The number of carbonyl (C=O) groups is 1. The lowest BCUT2D eigenvalue weighted by molar-refractivity contribution is -0.136. The Bertz CT molecular complexity index is 142. The van der Waals surface area contributed by atoms with Gasteiger partial charge in [-0.1, -0.05) is 12.1 Å². The van der Waals surface area contributed by atoms with Crippen molar-refractivity contribution in [2.24, 2.45) is 0 Å². The molecule has 4 heteroatoms. The third kappa shape index (κ3) is 6.68. The Labute approximate surface area is 58.5 Å². The van der Waals surface area contributed by atoms with E-state index in [0.717, 1.165) is 0 Å². The number of hydrogen-bond acceptors (Lipinski definition) is 3. The molecule has 1 aromatic heterocycles. The summed E-state index contributed by atoms with van der Waals surface area (Å²) in [5, 5.41) is 11.1. The molecule has 1 N–H and O–H groups in total. The highest BCUT2D eigenvalue weighted by Crippen LogP contribution is 1.72. The maximum Gasteiger partial charge on any atom is 0.303 e. The van der Waals surface area contributed by atoms with Crippen molar-refractivity contribution in [3.05, 3.63) is 18.5 Å². The molecule has 0 aliphatic heterocycles. The highest BCUT2D eigenvalue weighted by Gasteiger charge is 1.80. The SMILES string of the molecule is CCC(=O)O.c1cnoc1. The van der Waals surface area contributed by atoms with Gasteiger partial charge in [0.2, 0.25) is 0 Å². The number of aliphatic carboxylic acids is 1. The third-order valence-corrected chi connectivity index (χ3v) is 0.650. The van der Waals surface area contributed by atoms with Crippen LogP contribution in [-0.4, -0.2) is 16.2 Å². The number of carboxylic acid groups (broad SMARTS) is 1. The molecule has 0 saturated heterocycles. The molecular formula is C6H9NO3. The molecule has 1 heterocycles. The normalized spacial score (nSPS) is 7.70. The van der Waals surface area contributed by atoms with Crippen molar-refractivity contribution in [2.75, 3.05) is 0 Å². The van der Waals surface area contributed by atoms with Crippen LogP contribution < -0.4 is 0 Å². The van der Waals surface area contributed by atoms with E-state index in [1.165, 1.54) is 6.26 Å². The minimum absolute atomic E-state index is 0.222. The second kappa shape index (κ2) is 5.81. The molecule has 0 aromatic carbocycles. The van der Waals surface area contributed by atoms with Crippen LogP contribution in [0.4, 0.5) is 0 Å². The van der Waals surface area contributed by atoms with Crippen molar-refractivity contribution in [2.45, 2.75) is 13.3 Å². The smallest absolute Gasteiger partial charge is 0.303 e. The summed E-state index contributed by atoms with van der Waals surface area (Å²) in [6, 6.07) is 1.72. The summed E-state index contributed by atoms with van der Waals surface area (Å²) in [4.78, 5) is 9.37. The first-order valence-corrected chi connectivity index (χ1v) is 2.83. The molecule has 0 amide bonds. The van der Waals surface area contributed by atoms with Gasteiger partial charge in [0.15, 0.2) is 0 Å². The van der Waals surface area contributed by atoms with E-state index in [2.05, 4.69) is 9.68 Å². The summed E-state index contributed by atoms with van der Waals surface area (Å²) in [6.07, 6.45) is 3.32. The summed E-state index contributed by atoms with van der Waals surface area (Å²) in [5.74, 6) is -0.745. The molecule has 0 aliphatic carbocycles. The van der Waals surface area contributed by atoms with E-state index in [-0.39, 0.29) is 6.42 Å². The summed E-state index contributed by atoms with van der Waals surface area (Å²) >= 11 is 0. The molecule has 1 aromatic rings. The van der Waals surface area contributed by atoms with E-state index < -0.39 is 5.97 Å². The van der Waals surface area contributed by atoms with Crippen LogP contribution >= 0.6 is 0 Å². The minimum Gasteiger partial charge on any atom is -0.481 e. The van der Waals surface area contributed by atoms with Crippen molar-refractivity contribution in [1.82, 2.24) is 5.16 Å². The molecule has 0 spiro atoms. The van der Waals surface area contributed by atoms with E-state index in [1.807, 2.05) is 0 Å². The first-order valence-electron chi connectivity index (χ1n) is 2.83. The zero-order chi connectivity index (χ0) is 7.82. The van der Waals surface area contributed by atoms with E-state index >= 15 is 0 Å². The number of aromatic nitrogens is 1. The molecule has 10 heavy (non-hydrogen) atoms. The fraction of sp³-hybridized carbons (Fsp3) is 0.333. The molecule has 4 nitrogen and oxygen atoms in total. The zero-order valence-electron chi connectivity index (χ0n) is 5.65. The summed E-state index contributed by atoms with van der Waals surface area (Å²) in [5.41, 5.74) is 0. The van der Waals surface area contributed by atoms with Crippen molar-refractivity contribution >= 4 is 5.97 Å². The average molecular weight is 143 g/mol. The molecular weight excluding hydrogens is 134 g/mol. The second-order valence-corrected chi connectivity index (χ2v) is 1.44. The van der Waals surface area contributed by atoms with Gasteiger partial charge in [-0.3, -0.25) is 4.79 Å². The van der Waals surface area contributed by atoms with Crippen molar-refractivity contribution in [3.63, 3.8) is 0 Å². The van der Waals surface area contributed by atoms with Gasteiger partial charge in [0, 0.05) is 6.42 Å². The standard InChI is InChI=1S/C3H3NO.C3H6O2/c1-2-4-5-3-1;1-2-3(4)5/h1-3H;2H2,1H3,(H,4,5). The Balaban J connectivity index is 0.000000162. The van der Waals surface area contributed by atoms with E-state index in [1.54, 1.807) is 19.2 Å². The molecule has 0 atom stereocenters. The minimum atomic E-state index is -0.745. The highest BCUT2D eigenvalue weighted by atomic mass is 16.5. The zero-order valence-corrected chi connectivity index (χ0v) is 5.65. The maximum absolute atomic E-state index is 9.37. The quantitative estimate of drug-likeness (QED) is 0.640. The van der Waals surface area contributed by atoms with E-state index in [9.17, 15) is 4.79 Å². The number of carboxylic acids is 1. The Morgan fingerprint density at radius 3 is 2.50 bits per heavy atom. The van der Waals surface area contributed by atoms with Crippen molar-refractivity contribution < 1.29 is 14.4 Å². The van der Waals surface area contributed by atoms with Crippen LogP contribution in [0.1, 0.15) is 13.3 Å². The Hall–Kier alpha value is -1.32. The van der Waals surface area contributed by atoms with Gasteiger partial charge in [0.25, 0.3) is 0 Å². The lowest BCUT2D eigenvalue weighted by Gasteiger charge is -1.71. The molecule has 1 rings (SSSR count). The molecule has 0 saturated carbocycles. The van der Waals surface area contributed by atoms with Crippen LogP contribution in [0.25, 0.3) is 0 Å². The van der Waals surface area contributed by atoms with Gasteiger partial charge in [-0.2, -0.15) is 0 Å². The van der Waals surface area contributed by atoms with Gasteiger partial charge in [-0.05, 0) is 6.07 Å². The van der Waals surface area contributed by atoms with Gasteiger partial charge >= 0.3 is 5.97 Å². The van der Waals surface area contributed by atoms with E-state index in [0.29, 0.717) is 0 Å². The van der Waals surface area contributed by atoms with Crippen LogP contribution in [0.15, 0.2) is 23.0 Å². The number of rotatable bonds is 1. The molecule has 0 bridgehead atoms. The highest BCUT2D eigenvalue weighted by molar-refractivity contribution is 5.66. The van der Waals surface area contributed by atoms with Gasteiger partial charge in [-0.15, -0.1) is 0 Å². The first kappa shape index (κ1) is 8.68. The number of nitrogens with zero attached hydrogens (tertiary/aromatic N) is 1. The fourth-order valence-corrected chi connectivity index (χ4v) is 0.176. The van der Waals surface area contributed by atoms with Crippen molar-refractivity contribution in [3.8, 4) is 0 Å². The summed E-state index contributed by atoms with van der Waals surface area (Å²) in [6.45, 7) is 1.60. The summed E-state index contributed by atoms with van der Waals surface area (Å²) in [7, 11) is 0. The number of hydrogen-bond donors (Lipinski definition) is 1. The second-order valence-electron chi connectivity index (χ2n) is 1.44. The first-order chi connectivity index (χ1) is 4.77. The topological polar surface area (TPSA) is 63.3 Å². The molecule has 56 valence electrons. The summed E-state index contributed by atoms with van der Waals surface area (Å²) < 4.78 is 4.33. The van der Waals surface area contributed by atoms with Gasteiger partial charge < -0.3 is 9.63 Å². The Morgan fingerprint density at radius 2 is 2.40 bits per heavy atom. The van der Waals surface area contributed by atoms with Crippen LogP contribution in [0.5, 0.6) is 0 Å². The van der Waals surface area contributed by atoms with Gasteiger partial charge in [0.1, 0.15) is 6.26 Å². The van der Waals surface area contributed by atoms with Gasteiger partial charge in [0.05, 0.1) is 6.20 Å². The molecule has 0 fully saturated rings. The molecule has 0 radical (unpaired) electrons. The molecule has 0 aliphatic rings. The largest absolute Gasteiger partial charge is 0.481 e.